The lowest BCUT2D eigenvalue weighted by Gasteiger charge is -2.12. The van der Waals surface area contributed by atoms with Gasteiger partial charge in [-0.1, -0.05) is 48.0 Å². The Labute approximate surface area is 142 Å². The van der Waals surface area contributed by atoms with Crippen LogP contribution in [0.15, 0.2) is 59.5 Å². The normalized spacial score (nSPS) is 11.9. The Hall–Kier alpha value is -1.78. The van der Waals surface area contributed by atoms with Crippen molar-refractivity contribution < 1.29 is 9.53 Å². The van der Waals surface area contributed by atoms with Crippen LogP contribution < -0.4 is 5.32 Å². The van der Waals surface area contributed by atoms with Crippen LogP contribution in [0.25, 0.3) is 0 Å². The molecule has 0 aliphatic rings. The second-order valence-corrected chi connectivity index (χ2v) is 6.82. The van der Waals surface area contributed by atoms with Crippen LogP contribution in [0.4, 0.5) is 0 Å². The van der Waals surface area contributed by atoms with E-state index in [0.717, 1.165) is 10.5 Å². The zero-order valence-electron chi connectivity index (χ0n) is 13.6. The molecule has 0 saturated carbocycles. The van der Waals surface area contributed by atoms with E-state index < -0.39 is 0 Å². The predicted octanol–water partition coefficient (Wildman–Crippen LogP) is 3.81. The number of amides is 1. The highest BCUT2D eigenvalue weighted by Gasteiger charge is 2.13. The molecule has 122 valence electrons. The van der Waals surface area contributed by atoms with E-state index in [1.165, 1.54) is 5.56 Å². The quantitative estimate of drug-likeness (QED) is 0.591. The first-order valence-electron chi connectivity index (χ1n) is 7.78. The highest BCUT2D eigenvalue weighted by atomic mass is 32.2. The van der Waals surface area contributed by atoms with Crippen LogP contribution in [-0.4, -0.2) is 24.3 Å². The van der Waals surface area contributed by atoms with Gasteiger partial charge in [0.05, 0.1) is 18.5 Å². The number of ether oxygens (including phenoxy) is 1. The number of hydrogen-bond donors (Lipinski definition) is 1. The highest BCUT2D eigenvalue weighted by Crippen LogP contribution is 2.23. The van der Waals surface area contributed by atoms with Gasteiger partial charge < -0.3 is 10.1 Å². The second-order valence-electron chi connectivity index (χ2n) is 5.40. The maximum Gasteiger partial charge on any atom is 0.233 e. The average Bonchev–Trinajstić information content (AvgIpc) is 2.57. The third-order valence-electron chi connectivity index (χ3n) is 3.36. The van der Waals surface area contributed by atoms with E-state index in [0.29, 0.717) is 19.8 Å². The molecule has 0 aromatic heterocycles. The monoisotopic (exact) mass is 329 g/mol. The summed E-state index contributed by atoms with van der Waals surface area (Å²) in [6.45, 7) is 5.60. The SMILES string of the molecule is Cc1ccc(SC(C)C(=O)NCCOCc2ccccc2)cc1. The van der Waals surface area contributed by atoms with E-state index in [1.807, 2.05) is 49.4 Å². The molecule has 0 bridgehead atoms. The highest BCUT2D eigenvalue weighted by molar-refractivity contribution is 8.00. The van der Waals surface area contributed by atoms with Crippen LogP contribution >= 0.6 is 11.8 Å². The summed E-state index contributed by atoms with van der Waals surface area (Å²) in [5.41, 5.74) is 2.36. The Kier molecular flexibility index (Phi) is 7.17. The van der Waals surface area contributed by atoms with Crippen molar-refractivity contribution in [2.75, 3.05) is 13.2 Å². The first-order valence-corrected chi connectivity index (χ1v) is 8.66. The topological polar surface area (TPSA) is 38.3 Å². The van der Waals surface area contributed by atoms with Crippen molar-refractivity contribution in [1.82, 2.24) is 5.32 Å². The van der Waals surface area contributed by atoms with Crippen LogP contribution in [0.3, 0.4) is 0 Å². The zero-order valence-corrected chi connectivity index (χ0v) is 14.4. The van der Waals surface area contributed by atoms with Crippen LogP contribution in [0.2, 0.25) is 0 Å². The molecule has 2 rings (SSSR count). The van der Waals surface area contributed by atoms with Crippen molar-refractivity contribution in [2.45, 2.75) is 30.6 Å². The Bertz CT molecular complexity index is 599. The Morgan fingerprint density at radius 2 is 1.83 bits per heavy atom. The largest absolute Gasteiger partial charge is 0.375 e. The Morgan fingerprint density at radius 1 is 1.13 bits per heavy atom. The molecule has 0 heterocycles. The van der Waals surface area contributed by atoms with Crippen molar-refractivity contribution in [3.05, 3.63) is 65.7 Å². The molecule has 3 nitrogen and oxygen atoms in total. The first kappa shape index (κ1) is 17.6. The summed E-state index contributed by atoms with van der Waals surface area (Å²) in [6, 6.07) is 18.2. The number of rotatable bonds is 8. The van der Waals surface area contributed by atoms with Crippen LogP contribution in [0.5, 0.6) is 0 Å². The van der Waals surface area contributed by atoms with Gasteiger partial charge in [-0.25, -0.2) is 0 Å². The van der Waals surface area contributed by atoms with Gasteiger partial charge in [0.15, 0.2) is 0 Å². The molecule has 2 aromatic carbocycles. The van der Waals surface area contributed by atoms with Crippen LogP contribution in [-0.2, 0) is 16.1 Å². The minimum absolute atomic E-state index is 0.0406. The van der Waals surface area contributed by atoms with E-state index in [2.05, 4.69) is 24.4 Å². The molecule has 1 unspecified atom stereocenters. The standard InChI is InChI=1S/C19H23NO2S/c1-15-8-10-18(11-9-15)23-16(2)19(21)20-12-13-22-14-17-6-4-3-5-7-17/h3-11,16H,12-14H2,1-2H3,(H,20,21). The van der Waals surface area contributed by atoms with Gasteiger partial charge in [-0.2, -0.15) is 0 Å². The Morgan fingerprint density at radius 3 is 2.52 bits per heavy atom. The van der Waals surface area contributed by atoms with Gasteiger partial charge in [0.1, 0.15) is 0 Å². The third-order valence-corrected chi connectivity index (χ3v) is 4.47. The number of carbonyl (C=O) groups is 1. The van der Waals surface area contributed by atoms with Gasteiger partial charge in [-0.05, 0) is 31.5 Å². The van der Waals surface area contributed by atoms with Crippen molar-refractivity contribution in [3.8, 4) is 0 Å². The molecular formula is C19H23NO2S. The molecule has 0 saturated heterocycles. The molecule has 0 aliphatic heterocycles. The van der Waals surface area contributed by atoms with Gasteiger partial charge >= 0.3 is 0 Å². The number of carbonyl (C=O) groups excluding carboxylic acids is 1. The molecule has 1 amide bonds. The summed E-state index contributed by atoms with van der Waals surface area (Å²) >= 11 is 1.57. The maximum absolute atomic E-state index is 12.1. The van der Waals surface area contributed by atoms with E-state index >= 15 is 0 Å². The van der Waals surface area contributed by atoms with Crippen molar-refractivity contribution in [2.24, 2.45) is 0 Å². The van der Waals surface area contributed by atoms with Crippen molar-refractivity contribution in [3.63, 3.8) is 0 Å². The van der Waals surface area contributed by atoms with Crippen molar-refractivity contribution in [1.29, 1.82) is 0 Å². The van der Waals surface area contributed by atoms with E-state index in [1.54, 1.807) is 11.8 Å². The third kappa shape index (κ3) is 6.47. The minimum Gasteiger partial charge on any atom is -0.375 e. The van der Waals surface area contributed by atoms with Gasteiger partial charge in [-0.3, -0.25) is 4.79 Å². The number of nitrogens with one attached hydrogen (secondary N) is 1. The number of aryl methyl sites for hydroxylation is 1. The Balaban J connectivity index is 1.63. The minimum atomic E-state index is -0.119. The van der Waals surface area contributed by atoms with E-state index in [4.69, 9.17) is 4.74 Å². The molecule has 2 aromatic rings. The number of thioether (sulfide) groups is 1. The number of benzene rings is 2. The predicted molar refractivity (Wildman–Crippen MR) is 95.6 cm³/mol. The summed E-state index contributed by atoms with van der Waals surface area (Å²) in [4.78, 5) is 13.2. The molecule has 1 atom stereocenters. The summed E-state index contributed by atoms with van der Waals surface area (Å²) in [6.07, 6.45) is 0. The fraction of sp³-hybridized carbons (Fsp3) is 0.316. The number of hydrogen-bond acceptors (Lipinski definition) is 3. The molecule has 0 aliphatic carbocycles. The molecular weight excluding hydrogens is 306 g/mol. The van der Waals surface area contributed by atoms with Crippen molar-refractivity contribution >= 4 is 17.7 Å². The van der Waals surface area contributed by atoms with Gasteiger partial charge in [0.2, 0.25) is 5.91 Å². The fourth-order valence-corrected chi connectivity index (χ4v) is 2.92. The van der Waals surface area contributed by atoms with E-state index in [-0.39, 0.29) is 11.2 Å². The maximum atomic E-state index is 12.1. The molecule has 1 N–H and O–H groups in total. The molecule has 23 heavy (non-hydrogen) atoms. The summed E-state index contributed by atoms with van der Waals surface area (Å²) in [7, 11) is 0. The van der Waals surface area contributed by atoms with Gasteiger partial charge in [0.25, 0.3) is 0 Å². The first-order chi connectivity index (χ1) is 11.1. The second kappa shape index (κ2) is 9.38. The lowest BCUT2D eigenvalue weighted by Crippen LogP contribution is -2.33. The van der Waals surface area contributed by atoms with Crippen LogP contribution in [0.1, 0.15) is 18.1 Å². The van der Waals surface area contributed by atoms with E-state index in [9.17, 15) is 4.79 Å². The lowest BCUT2D eigenvalue weighted by molar-refractivity contribution is -0.120. The molecule has 0 radical (unpaired) electrons. The molecule has 0 fully saturated rings. The molecule has 0 spiro atoms. The van der Waals surface area contributed by atoms with Crippen LogP contribution in [0, 0.1) is 6.92 Å². The summed E-state index contributed by atoms with van der Waals surface area (Å²) in [5, 5.41) is 2.80. The van der Waals surface area contributed by atoms with Gasteiger partial charge in [0, 0.05) is 11.4 Å². The fourth-order valence-electron chi connectivity index (χ4n) is 2.03. The zero-order chi connectivity index (χ0) is 16.5. The summed E-state index contributed by atoms with van der Waals surface area (Å²) in [5.74, 6) is 0.0406. The molecule has 4 heteroatoms. The smallest absolute Gasteiger partial charge is 0.233 e. The lowest BCUT2D eigenvalue weighted by atomic mass is 10.2. The average molecular weight is 329 g/mol. The summed E-state index contributed by atoms with van der Waals surface area (Å²) < 4.78 is 5.56. The van der Waals surface area contributed by atoms with Gasteiger partial charge in [-0.15, -0.1) is 11.8 Å².